The number of carbonyl (C=O) groups is 1. The maximum atomic E-state index is 14.4. The van der Waals surface area contributed by atoms with E-state index in [1.54, 1.807) is 36.0 Å². The maximum Gasteiger partial charge on any atom is 0.240 e. The number of aromatic nitrogens is 2. The second-order valence-corrected chi connectivity index (χ2v) is 8.40. The number of benzene rings is 2. The number of imidazole rings is 1. The molecule has 2 aromatic carbocycles. The van der Waals surface area contributed by atoms with Gasteiger partial charge < -0.3 is 9.88 Å². The average molecular weight is 452 g/mol. The van der Waals surface area contributed by atoms with Crippen molar-refractivity contribution >= 4 is 15.9 Å². The second kappa shape index (κ2) is 9.31. The molecule has 7 nitrogen and oxygen atoms in total. The van der Waals surface area contributed by atoms with E-state index in [1.165, 1.54) is 6.07 Å². The standard InChI is InChI=1S/C20H19F3N4O3S/c1-13-24-8-9-27(13)19-5-2-14(10-18(19)23)12-25-20(28)6-7-26-31(29,30)15-3-4-16(21)17(22)11-15/h2-5,8-11,26H,6-7,12H2,1H3,(H,25,28). The fraction of sp³-hybridized carbons (Fsp3) is 0.200. The Labute approximate surface area is 177 Å². The molecule has 0 aliphatic carbocycles. The van der Waals surface area contributed by atoms with Crippen LogP contribution < -0.4 is 10.0 Å². The zero-order valence-electron chi connectivity index (χ0n) is 16.4. The third kappa shape index (κ3) is 5.50. The first-order valence-corrected chi connectivity index (χ1v) is 10.7. The van der Waals surface area contributed by atoms with E-state index < -0.39 is 38.3 Å². The summed E-state index contributed by atoms with van der Waals surface area (Å²) in [5.74, 6) is -2.77. The van der Waals surface area contributed by atoms with Gasteiger partial charge in [0.1, 0.15) is 11.6 Å². The lowest BCUT2D eigenvalue weighted by molar-refractivity contribution is -0.121. The van der Waals surface area contributed by atoms with Gasteiger partial charge in [0.25, 0.3) is 0 Å². The Morgan fingerprint density at radius 2 is 1.84 bits per heavy atom. The number of halogens is 3. The van der Waals surface area contributed by atoms with Crippen LogP contribution in [0.1, 0.15) is 17.8 Å². The van der Waals surface area contributed by atoms with Crippen LogP contribution >= 0.6 is 0 Å². The van der Waals surface area contributed by atoms with E-state index in [2.05, 4.69) is 15.0 Å². The summed E-state index contributed by atoms with van der Waals surface area (Å²) in [4.78, 5) is 15.6. The third-order valence-corrected chi connectivity index (χ3v) is 5.89. The molecule has 11 heteroatoms. The highest BCUT2D eigenvalue weighted by Crippen LogP contribution is 2.17. The molecule has 3 rings (SSSR count). The molecule has 0 fully saturated rings. The monoisotopic (exact) mass is 452 g/mol. The van der Waals surface area contributed by atoms with Gasteiger partial charge >= 0.3 is 0 Å². The van der Waals surface area contributed by atoms with Crippen molar-refractivity contribution in [3.63, 3.8) is 0 Å². The number of nitrogens with zero attached hydrogens (tertiary/aromatic N) is 2. The van der Waals surface area contributed by atoms with Crippen molar-refractivity contribution < 1.29 is 26.4 Å². The number of rotatable bonds is 8. The van der Waals surface area contributed by atoms with Gasteiger partial charge in [0.15, 0.2) is 11.6 Å². The fourth-order valence-corrected chi connectivity index (χ4v) is 3.85. The lowest BCUT2D eigenvalue weighted by Gasteiger charge is -2.10. The Kier molecular flexibility index (Phi) is 6.76. The zero-order chi connectivity index (χ0) is 22.6. The smallest absolute Gasteiger partial charge is 0.240 e. The van der Waals surface area contributed by atoms with E-state index in [0.717, 1.165) is 6.07 Å². The van der Waals surface area contributed by atoms with Crippen LogP contribution in [0.3, 0.4) is 0 Å². The lowest BCUT2D eigenvalue weighted by Crippen LogP contribution is -2.30. The number of amides is 1. The minimum Gasteiger partial charge on any atom is -0.352 e. The molecule has 0 saturated carbocycles. The maximum absolute atomic E-state index is 14.4. The van der Waals surface area contributed by atoms with Crippen LogP contribution in [-0.2, 0) is 21.4 Å². The van der Waals surface area contributed by atoms with Crippen molar-refractivity contribution in [3.05, 3.63) is 77.6 Å². The average Bonchev–Trinajstić information content (AvgIpc) is 3.14. The number of hydrogen-bond acceptors (Lipinski definition) is 4. The molecule has 0 unspecified atom stereocenters. The summed E-state index contributed by atoms with van der Waals surface area (Å²) in [6.45, 7) is 1.55. The molecule has 1 aromatic heterocycles. The van der Waals surface area contributed by atoms with Crippen molar-refractivity contribution in [2.24, 2.45) is 0 Å². The van der Waals surface area contributed by atoms with Crippen LogP contribution in [0.15, 0.2) is 53.7 Å². The number of aryl methyl sites for hydroxylation is 1. The summed E-state index contributed by atoms with van der Waals surface area (Å²) in [6, 6.07) is 6.70. The summed E-state index contributed by atoms with van der Waals surface area (Å²) in [7, 11) is -4.09. The summed E-state index contributed by atoms with van der Waals surface area (Å²) >= 11 is 0. The molecule has 0 bridgehead atoms. The van der Waals surface area contributed by atoms with Crippen molar-refractivity contribution in [3.8, 4) is 5.69 Å². The Morgan fingerprint density at radius 3 is 2.48 bits per heavy atom. The summed E-state index contributed by atoms with van der Waals surface area (Å²) in [5.41, 5.74) is 0.853. The first-order valence-electron chi connectivity index (χ1n) is 9.17. The highest BCUT2D eigenvalue weighted by Gasteiger charge is 2.16. The van der Waals surface area contributed by atoms with Crippen LogP contribution in [0.25, 0.3) is 5.69 Å². The topological polar surface area (TPSA) is 93.1 Å². The van der Waals surface area contributed by atoms with Gasteiger partial charge in [0, 0.05) is 31.9 Å². The molecule has 0 spiro atoms. The summed E-state index contributed by atoms with van der Waals surface area (Å²) in [6.07, 6.45) is 3.00. The minimum atomic E-state index is -4.09. The van der Waals surface area contributed by atoms with Gasteiger partial charge in [0.05, 0.1) is 10.6 Å². The molecule has 0 aliphatic heterocycles. The van der Waals surface area contributed by atoms with E-state index in [4.69, 9.17) is 0 Å². The normalized spacial score (nSPS) is 11.5. The zero-order valence-corrected chi connectivity index (χ0v) is 17.2. The van der Waals surface area contributed by atoms with E-state index >= 15 is 0 Å². The predicted molar refractivity (Wildman–Crippen MR) is 106 cm³/mol. The van der Waals surface area contributed by atoms with Gasteiger partial charge in [-0.3, -0.25) is 4.79 Å². The SMILES string of the molecule is Cc1nccn1-c1ccc(CNC(=O)CCNS(=O)(=O)c2ccc(F)c(F)c2)cc1F. The highest BCUT2D eigenvalue weighted by atomic mass is 32.2. The van der Waals surface area contributed by atoms with E-state index in [9.17, 15) is 26.4 Å². The Balaban J connectivity index is 1.51. The molecule has 0 aliphatic rings. The first kappa shape index (κ1) is 22.5. The largest absolute Gasteiger partial charge is 0.352 e. The van der Waals surface area contributed by atoms with Crippen LogP contribution in [0.2, 0.25) is 0 Å². The van der Waals surface area contributed by atoms with Gasteiger partial charge in [-0.1, -0.05) is 6.07 Å². The minimum absolute atomic E-state index is 0.0505. The summed E-state index contributed by atoms with van der Waals surface area (Å²) in [5, 5.41) is 2.57. The highest BCUT2D eigenvalue weighted by molar-refractivity contribution is 7.89. The van der Waals surface area contributed by atoms with Gasteiger partial charge in [-0.25, -0.2) is 31.3 Å². The Bertz CT molecular complexity index is 1210. The van der Waals surface area contributed by atoms with Gasteiger partial charge in [-0.05, 0) is 42.8 Å². The Morgan fingerprint density at radius 1 is 1.06 bits per heavy atom. The van der Waals surface area contributed by atoms with Crippen LogP contribution in [-0.4, -0.2) is 30.4 Å². The lowest BCUT2D eigenvalue weighted by atomic mass is 10.2. The molecule has 0 saturated heterocycles. The van der Waals surface area contributed by atoms with Gasteiger partial charge in [-0.15, -0.1) is 0 Å². The molecular formula is C20H19F3N4O3S. The van der Waals surface area contributed by atoms with Crippen molar-refractivity contribution in [1.29, 1.82) is 0 Å². The van der Waals surface area contributed by atoms with Gasteiger partial charge in [-0.2, -0.15) is 0 Å². The molecule has 0 atom stereocenters. The molecule has 0 radical (unpaired) electrons. The second-order valence-electron chi connectivity index (χ2n) is 6.63. The molecule has 31 heavy (non-hydrogen) atoms. The van der Waals surface area contributed by atoms with Crippen molar-refractivity contribution in [1.82, 2.24) is 19.6 Å². The first-order chi connectivity index (χ1) is 14.7. The van der Waals surface area contributed by atoms with Gasteiger partial charge in [0.2, 0.25) is 15.9 Å². The predicted octanol–water partition coefficient (Wildman–Crippen LogP) is 2.58. The number of sulfonamides is 1. The quantitative estimate of drug-likeness (QED) is 0.550. The van der Waals surface area contributed by atoms with Crippen molar-refractivity contribution in [2.75, 3.05) is 6.54 Å². The van der Waals surface area contributed by atoms with Crippen LogP contribution in [0, 0.1) is 24.4 Å². The molecule has 1 heterocycles. The molecule has 1 amide bonds. The third-order valence-electron chi connectivity index (χ3n) is 4.43. The number of hydrogen-bond donors (Lipinski definition) is 2. The number of carbonyl (C=O) groups excluding carboxylic acids is 1. The van der Waals surface area contributed by atoms with Crippen LogP contribution in [0.4, 0.5) is 13.2 Å². The van der Waals surface area contributed by atoms with Crippen molar-refractivity contribution in [2.45, 2.75) is 24.8 Å². The van der Waals surface area contributed by atoms with E-state index in [1.807, 2.05) is 0 Å². The molecule has 3 aromatic rings. The van der Waals surface area contributed by atoms with E-state index in [0.29, 0.717) is 29.2 Å². The van der Waals surface area contributed by atoms with Crippen LogP contribution in [0.5, 0.6) is 0 Å². The summed E-state index contributed by atoms with van der Waals surface area (Å²) < 4.78 is 68.4. The molecule has 164 valence electrons. The number of nitrogens with one attached hydrogen (secondary N) is 2. The Hall–Kier alpha value is -3.18. The molecule has 2 N–H and O–H groups in total. The molecular weight excluding hydrogens is 433 g/mol. The van der Waals surface area contributed by atoms with E-state index in [-0.39, 0.29) is 19.5 Å². The fourth-order valence-electron chi connectivity index (χ4n) is 2.80.